The molecule has 1 unspecified atom stereocenters. The molecule has 0 spiro atoms. The van der Waals surface area contributed by atoms with Crippen LogP contribution in [0.1, 0.15) is 34.8 Å². The molecule has 0 aliphatic carbocycles. The fourth-order valence-electron chi connectivity index (χ4n) is 4.06. The smallest absolute Gasteiger partial charge is 0.338 e. The van der Waals surface area contributed by atoms with Crippen LogP contribution in [0.15, 0.2) is 78.9 Å². The number of carbonyl (C=O) groups excluding carboxylic acids is 3. The van der Waals surface area contributed by atoms with E-state index in [9.17, 15) is 14.4 Å². The summed E-state index contributed by atoms with van der Waals surface area (Å²) in [5.41, 5.74) is 2.76. The minimum Gasteiger partial charge on any atom is -0.462 e. The van der Waals surface area contributed by atoms with Crippen LogP contribution in [0, 0.1) is 0 Å². The van der Waals surface area contributed by atoms with Gasteiger partial charge in [0.25, 0.3) is 5.91 Å². The van der Waals surface area contributed by atoms with E-state index in [1.807, 2.05) is 42.5 Å². The number of amides is 2. The molecule has 2 amide bonds. The first kappa shape index (κ1) is 26.3. The van der Waals surface area contributed by atoms with E-state index in [0.29, 0.717) is 34.5 Å². The van der Waals surface area contributed by atoms with Crippen molar-refractivity contribution in [2.75, 3.05) is 11.9 Å². The van der Waals surface area contributed by atoms with E-state index >= 15 is 0 Å². The highest BCUT2D eigenvalue weighted by molar-refractivity contribution is 7.80. The molecule has 0 saturated carbocycles. The van der Waals surface area contributed by atoms with Crippen LogP contribution < -0.4 is 5.32 Å². The standard InChI is InChI=1S/C28H26ClN3O4S/c1-2-36-27(35)21-10-14-23(15-11-21)30-25(33)16-24-26(34)32(18-19-6-4-3-5-7-19)28(37)31(24)17-20-8-12-22(29)13-9-20/h3-15,24H,2,16-18H2,1H3,(H,30,33). The van der Waals surface area contributed by atoms with Crippen molar-refractivity contribution in [2.24, 2.45) is 0 Å². The number of rotatable bonds is 9. The predicted molar refractivity (Wildman–Crippen MR) is 146 cm³/mol. The number of carbonyl (C=O) groups is 3. The highest BCUT2D eigenvalue weighted by atomic mass is 35.5. The maximum atomic E-state index is 13.5. The largest absolute Gasteiger partial charge is 0.462 e. The zero-order chi connectivity index (χ0) is 26.4. The van der Waals surface area contributed by atoms with E-state index < -0.39 is 12.0 Å². The lowest BCUT2D eigenvalue weighted by molar-refractivity contribution is -0.131. The van der Waals surface area contributed by atoms with E-state index in [1.165, 1.54) is 0 Å². The third-order valence-corrected chi connectivity index (χ3v) is 6.62. The topological polar surface area (TPSA) is 78.9 Å². The van der Waals surface area contributed by atoms with Crippen LogP contribution in [-0.2, 0) is 27.4 Å². The normalized spacial score (nSPS) is 15.1. The molecule has 1 atom stereocenters. The third-order valence-electron chi connectivity index (χ3n) is 5.91. The fourth-order valence-corrected chi connectivity index (χ4v) is 4.53. The maximum Gasteiger partial charge on any atom is 0.338 e. The molecule has 1 saturated heterocycles. The number of benzene rings is 3. The first-order valence-corrected chi connectivity index (χ1v) is 12.6. The van der Waals surface area contributed by atoms with E-state index in [4.69, 9.17) is 28.6 Å². The van der Waals surface area contributed by atoms with Gasteiger partial charge >= 0.3 is 5.97 Å². The Balaban J connectivity index is 1.50. The predicted octanol–water partition coefficient (Wildman–Crippen LogP) is 5.04. The summed E-state index contributed by atoms with van der Waals surface area (Å²) in [6.07, 6.45) is -0.0858. The number of thiocarbonyl (C=S) groups is 1. The van der Waals surface area contributed by atoms with E-state index in [2.05, 4.69) is 5.32 Å². The Morgan fingerprint density at radius 1 is 0.946 bits per heavy atom. The van der Waals surface area contributed by atoms with Gasteiger partial charge in [0.2, 0.25) is 5.91 Å². The van der Waals surface area contributed by atoms with Gasteiger partial charge in [-0.2, -0.15) is 0 Å². The summed E-state index contributed by atoms with van der Waals surface area (Å²) >= 11 is 11.7. The van der Waals surface area contributed by atoms with E-state index in [0.717, 1.165) is 11.1 Å². The molecule has 9 heteroatoms. The van der Waals surface area contributed by atoms with Crippen molar-refractivity contribution in [3.8, 4) is 0 Å². The maximum absolute atomic E-state index is 13.5. The second kappa shape index (κ2) is 12.0. The van der Waals surface area contributed by atoms with Crippen molar-refractivity contribution < 1.29 is 19.1 Å². The highest BCUT2D eigenvalue weighted by Gasteiger charge is 2.43. The molecule has 0 aromatic heterocycles. The molecule has 7 nitrogen and oxygen atoms in total. The summed E-state index contributed by atoms with van der Waals surface area (Å²) in [5, 5.41) is 3.80. The molecule has 1 aliphatic heterocycles. The van der Waals surface area contributed by atoms with Gasteiger partial charge < -0.3 is 15.0 Å². The molecule has 0 bridgehead atoms. The van der Waals surface area contributed by atoms with Gasteiger partial charge in [-0.1, -0.05) is 54.1 Å². The molecule has 0 radical (unpaired) electrons. The molecule has 1 N–H and O–H groups in total. The molecular weight excluding hydrogens is 510 g/mol. The van der Waals surface area contributed by atoms with Crippen molar-refractivity contribution in [1.29, 1.82) is 0 Å². The van der Waals surface area contributed by atoms with Crippen molar-refractivity contribution in [3.63, 3.8) is 0 Å². The van der Waals surface area contributed by atoms with Crippen LogP contribution in [0.25, 0.3) is 0 Å². The van der Waals surface area contributed by atoms with Gasteiger partial charge in [0.1, 0.15) is 6.04 Å². The van der Waals surface area contributed by atoms with Gasteiger partial charge in [-0.05, 0) is 66.7 Å². The number of ether oxygens (including phenoxy) is 1. The lowest BCUT2D eigenvalue weighted by Crippen LogP contribution is -2.37. The summed E-state index contributed by atoms with van der Waals surface area (Å²) in [5.74, 6) is -0.995. The number of anilines is 1. The summed E-state index contributed by atoms with van der Waals surface area (Å²) in [4.78, 5) is 41.7. The average molecular weight is 536 g/mol. The zero-order valence-corrected chi connectivity index (χ0v) is 21.8. The zero-order valence-electron chi connectivity index (χ0n) is 20.2. The molecule has 1 fully saturated rings. The van der Waals surface area contributed by atoms with Gasteiger partial charge in [-0.3, -0.25) is 14.5 Å². The van der Waals surface area contributed by atoms with Crippen LogP contribution in [0.4, 0.5) is 5.69 Å². The van der Waals surface area contributed by atoms with Gasteiger partial charge in [-0.25, -0.2) is 4.79 Å². The number of nitrogens with one attached hydrogen (secondary N) is 1. The number of halogens is 1. The quantitative estimate of drug-likeness (QED) is 0.305. The van der Waals surface area contributed by atoms with E-state index in [-0.39, 0.29) is 24.8 Å². The first-order valence-electron chi connectivity index (χ1n) is 11.8. The van der Waals surface area contributed by atoms with Crippen LogP contribution in [0.5, 0.6) is 0 Å². The van der Waals surface area contributed by atoms with Crippen LogP contribution in [0.2, 0.25) is 5.02 Å². The molecular formula is C28H26ClN3O4S. The van der Waals surface area contributed by atoms with Crippen molar-refractivity contribution in [1.82, 2.24) is 9.80 Å². The Morgan fingerprint density at radius 2 is 1.59 bits per heavy atom. The number of esters is 1. The SMILES string of the molecule is CCOC(=O)c1ccc(NC(=O)CC2C(=O)N(Cc3ccccc3)C(=S)N2Cc2ccc(Cl)cc2)cc1. The third kappa shape index (κ3) is 6.53. The Labute approximate surface area is 226 Å². The van der Waals surface area contributed by atoms with Gasteiger partial charge in [0, 0.05) is 17.3 Å². The molecule has 4 rings (SSSR count). The fraction of sp³-hybridized carbons (Fsp3) is 0.214. The second-order valence-corrected chi connectivity index (χ2v) is 9.31. The van der Waals surface area contributed by atoms with Crippen LogP contribution in [-0.4, -0.2) is 45.3 Å². The number of hydrogen-bond donors (Lipinski definition) is 1. The van der Waals surface area contributed by atoms with Gasteiger partial charge in [-0.15, -0.1) is 0 Å². The van der Waals surface area contributed by atoms with Gasteiger partial charge in [0.05, 0.1) is 25.1 Å². The molecule has 3 aromatic carbocycles. The van der Waals surface area contributed by atoms with E-state index in [1.54, 1.807) is 53.1 Å². The number of hydrogen-bond acceptors (Lipinski definition) is 5. The average Bonchev–Trinajstić information content (AvgIpc) is 3.10. The Bertz CT molecular complexity index is 1280. The second-order valence-electron chi connectivity index (χ2n) is 8.51. The van der Waals surface area contributed by atoms with Crippen molar-refractivity contribution >= 4 is 52.4 Å². The Hall–Kier alpha value is -3.75. The van der Waals surface area contributed by atoms with Gasteiger partial charge in [0.15, 0.2) is 5.11 Å². The molecule has 1 aliphatic rings. The first-order chi connectivity index (χ1) is 17.9. The summed E-state index contributed by atoms with van der Waals surface area (Å²) in [6.45, 7) is 2.70. The summed E-state index contributed by atoms with van der Waals surface area (Å²) in [6, 6.07) is 22.5. The minimum absolute atomic E-state index is 0.0858. The monoisotopic (exact) mass is 535 g/mol. The molecule has 3 aromatic rings. The lowest BCUT2D eigenvalue weighted by Gasteiger charge is -2.24. The van der Waals surface area contributed by atoms with Crippen LogP contribution >= 0.6 is 23.8 Å². The van der Waals surface area contributed by atoms with Crippen LogP contribution in [0.3, 0.4) is 0 Å². The summed E-state index contributed by atoms with van der Waals surface area (Å²) < 4.78 is 4.99. The summed E-state index contributed by atoms with van der Waals surface area (Å²) in [7, 11) is 0. The molecule has 190 valence electrons. The highest BCUT2D eigenvalue weighted by Crippen LogP contribution is 2.26. The number of nitrogens with zero attached hydrogens (tertiary/aromatic N) is 2. The van der Waals surface area contributed by atoms with Crippen molar-refractivity contribution in [2.45, 2.75) is 32.5 Å². The minimum atomic E-state index is -0.759. The lowest BCUT2D eigenvalue weighted by atomic mass is 10.1. The molecule has 37 heavy (non-hydrogen) atoms. The Morgan fingerprint density at radius 3 is 2.24 bits per heavy atom. The van der Waals surface area contributed by atoms with Crippen molar-refractivity contribution in [3.05, 3.63) is 101 Å². The molecule has 1 heterocycles. The Kier molecular flexibility index (Phi) is 8.53.